The van der Waals surface area contributed by atoms with E-state index < -0.39 is 5.97 Å². The lowest BCUT2D eigenvalue weighted by Gasteiger charge is -2.04. The van der Waals surface area contributed by atoms with Crippen LogP contribution in [0.2, 0.25) is 5.02 Å². The van der Waals surface area contributed by atoms with Crippen molar-refractivity contribution < 1.29 is 14.7 Å². The molecule has 0 bridgehead atoms. The van der Waals surface area contributed by atoms with E-state index in [1.807, 2.05) is 6.92 Å². The van der Waals surface area contributed by atoms with Gasteiger partial charge in [0.2, 0.25) is 0 Å². The van der Waals surface area contributed by atoms with Crippen molar-refractivity contribution in [3.8, 4) is 0 Å². The Morgan fingerprint density at radius 2 is 2.19 bits per heavy atom. The number of halogens is 1. The van der Waals surface area contributed by atoms with Gasteiger partial charge in [0.25, 0.3) is 5.91 Å². The molecule has 1 aromatic carbocycles. The van der Waals surface area contributed by atoms with Gasteiger partial charge in [-0.15, -0.1) is 5.10 Å². The quantitative estimate of drug-likeness (QED) is 0.866. The summed E-state index contributed by atoms with van der Waals surface area (Å²) in [6, 6.07) is 5.03. The molecule has 0 aliphatic heterocycles. The lowest BCUT2D eigenvalue weighted by molar-refractivity contribution is -0.137. The molecule has 2 aromatic rings. The predicted octanol–water partition coefficient (Wildman–Crippen LogP) is 1.25. The number of nitrogens with one attached hydrogen (secondary N) is 1. The number of aryl methyl sites for hydroxylation is 1. The zero-order chi connectivity index (χ0) is 15.4. The van der Waals surface area contributed by atoms with E-state index in [2.05, 4.69) is 15.6 Å². The Labute approximate surface area is 125 Å². The third kappa shape index (κ3) is 4.03. The van der Waals surface area contributed by atoms with E-state index in [0.717, 1.165) is 5.56 Å². The third-order valence-electron chi connectivity index (χ3n) is 2.75. The number of carboxylic acids is 1. The minimum absolute atomic E-state index is 0.157. The van der Waals surface area contributed by atoms with Crippen LogP contribution < -0.4 is 5.32 Å². The Hall–Kier alpha value is -2.41. The fourth-order valence-electron chi connectivity index (χ4n) is 1.64. The highest BCUT2D eigenvalue weighted by atomic mass is 35.5. The van der Waals surface area contributed by atoms with E-state index in [0.29, 0.717) is 16.3 Å². The van der Waals surface area contributed by atoms with Crippen LogP contribution in [-0.2, 0) is 17.9 Å². The summed E-state index contributed by atoms with van der Waals surface area (Å²) < 4.78 is 1.19. The minimum atomic E-state index is -1.01. The molecule has 0 unspecified atom stereocenters. The molecule has 1 aromatic heterocycles. The summed E-state index contributed by atoms with van der Waals surface area (Å²) in [5.41, 5.74) is 1.82. The van der Waals surface area contributed by atoms with Gasteiger partial charge < -0.3 is 10.4 Å². The summed E-state index contributed by atoms with van der Waals surface area (Å²) >= 11 is 5.97. The van der Waals surface area contributed by atoms with Gasteiger partial charge in [-0.2, -0.15) is 0 Å². The first kappa shape index (κ1) is 15.0. The van der Waals surface area contributed by atoms with E-state index in [9.17, 15) is 9.59 Å². The molecule has 0 radical (unpaired) electrons. The topological polar surface area (TPSA) is 97.1 Å². The maximum absolute atomic E-state index is 11.9. The van der Waals surface area contributed by atoms with Crippen LogP contribution in [0.15, 0.2) is 24.4 Å². The van der Waals surface area contributed by atoms with Crippen molar-refractivity contribution in [1.29, 1.82) is 0 Å². The molecule has 8 heteroatoms. The van der Waals surface area contributed by atoms with Gasteiger partial charge in [0.1, 0.15) is 12.2 Å². The highest BCUT2D eigenvalue weighted by Gasteiger charge is 2.09. The molecular weight excluding hydrogens is 296 g/mol. The molecular formula is C13H13ClN4O3. The number of aromatic nitrogens is 3. The predicted molar refractivity (Wildman–Crippen MR) is 75.0 cm³/mol. The number of nitrogens with zero attached hydrogens (tertiary/aromatic N) is 3. The molecule has 2 N–H and O–H groups in total. The lowest BCUT2D eigenvalue weighted by atomic mass is 10.1. The molecule has 0 saturated heterocycles. The van der Waals surface area contributed by atoms with Gasteiger partial charge in [0.05, 0.1) is 12.7 Å². The molecule has 0 aliphatic carbocycles. The summed E-state index contributed by atoms with van der Waals surface area (Å²) in [5, 5.41) is 19.2. The van der Waals surface area contributed by atoms with Crippen LogP contribution in [0.5, 0.6) is 0 Å². The molecule has 0 saturated carbocycles. The van der Waals surface area contributed by atoms with Crippen molar-refractivity contribution >= 4 is 23.5 Å². The number of hydrogen-bond donors (Lipinski definition) is 2. The van der Waals surface area contributed by atoms with Crippen LogP contribution >= 0.6 is 11.6 Å². The molecule has 0 aliphatic rings. The first-order valence-corrected chi connectivity index (χ1v) is 6.48. The fourth-order valence-corrected chi connectivity index (χ4v) is 1.82. The molecule has 2 rings (SSSR count). The van der Waals surface area contributed by atoms with Crippen molar-refractivity contribution in [2.75, 3.05) is 0 Å². The summed E-state index contributed by atoms with van der Waals surface area (Å²) in [6.45, 7) is 1.74. The number of carbonyl (C=O) groups is 2. The maximum Gasteiger partial charge on any atom is 0.325 e. The Balaban J connectivity index is 1.95. The fraction of sp³-hybridized carbons (Fsp3) is 0.231. The van der Waals surface area contributed by atoms with Crippen molar-refractivity contribution in [2.24, 2.45) is 0 Å². The minimum Gasteiger partial charge on any atom is -0.480 e. The smallest absolute Gasteiger partial charge is 0.325 e. The highest BCUT2D eigenvalue weighted by molar-refractivity contribution is 6.31. The van der Waals surface area contributed by atoms with Crippen molar-refractivity contribution in [3.05, 3.63) is 46.2 Å². The first-order chi connectivity index (χ1) is 9.95. The van der Waals surface area contributed by atoms with E-state index >= 15 is 0 Å². The molecule has 0 fully saturated rings. The average molecular weight is 309 g/mol. The molecule has 0 spiro atoms. The van der Waals surface area contributed by atoms with Gasteiger partial charge in [0, 0.05) is 10.6 Å². The van der Waals surface area contributed by atoms with Gasteiger partial charge in [-0.1, -0.05) is 22.9 Å². The van der Waals surface area contributed by atoms with Crippen molar-refractivity contribution in [3.63, 3.8) is 0 Å². The van der Waals surface area contributed by atoms with Gasteiger partial charge in [-0.05, 0) is 24.6 Å². The summed E-state index contributed by atoms with van der Waals surface area (Å²) in [7, 11) is 0. The van der Waals surface area contributed by atoms with Crippen LogP contribution in [0.25, 0.3) is 0 Å². The zero-order valence-corrected chi connectivity index (χ0v) is 12.0. The maximum atomic E-state index is 11.9. The van der Waals surface area contributed by atoms with Crippen LogP contribution in [0.3, 0.4) is 0 Å². The summed E-state index contributed by atoms with van der Waals surface area (Å²) in [5.74, 6) is -1.30. The number of hydrogen-bond acceptors (Lipinski definition) is 4. The van der Waals surface area contributed by atoms with E-state index in [4.69, 9.17) is 16.7 Å². The second-order valence-electron chi connectivity index (χ2n) is 4.45. The highest BCUT2D eigenvalue weighted by Crippen LogP contribution is 2.16. The Kier molecular flexibility index (Phi) is 4.54. The SMILES string of the molecule is Cc1ccc(C(=O)NCc2cn(CC(=O)O)nn2)cc1Cl. The number of carbonyl (C=O) groups excluding carboxylic acids is 1. The van der Waals surface area contributed by atoms with E-state index in [1.165, 1.54) is 10.9 Å². The van der Waals surface area contributed by atoms with Gasteiger partial charge in [-0.25, -0.2) is 4.68 Å². The number of amides is 1. The monoisotopic (exact) mass is 308 g/mol. The van der Waals surface area contributed by atoms with E-state index in [1.54, 1.807) is 18.2 Å². The summed E-state index contributed by atoms with van der Waals surface area (Å²) in [4.78, 5) is 22.5. The molecule has 1 heterocycles. The van der Waals surface area contributed by atoms with E-state index in [-0.39, 0.29) is 19.0 Å². The molecule has 21 heavy (non-hydrogen) atoms. The van der Waals surface area contributed by atoms with Crippen LogP contribution in [0, 0.1) is 6.92 Å². The Morgan fingerprint density at radius 1 is 1.43 bits per heavy atom. The number of carboxylic acid groups (broad SMARTS) is 1. The molecule has 0 atom stereocenters. The van der Waals surface area contributed by atoms with Gasteiger partial charge >= 0.3 is 5.97 Å². The molecule has 7 nitrogen and oxygen atoms in total. The first-order valence-electron chi connectivity index (χ1n) is 6.11. The van der Waals surface area contributed by atoms with Gasteiger partial charge in [0.15, 0.2) is 0 Å². The number of rotatable bonds is 5. The van der Waals surface area contributed by atoms with Gasteiger partial charge in [-0.3, -0.25) is 9.59 Å². The molecule has 1 amide bonds. The lowest BCUT2D eigenvalue weighted by Crippen LogP contribution is -2.23. The number of aliphatic carboxylic acids is 1. The third-order valence-corrected chi connectivity index (χ3v) is 3.15. The Morgan fingerprint density at radius 3 is 2.86 bits per heavy atom. The van der Waals surface area contributed by atoms with Crippen molar-refractivity contribution in [1.82, 2.24) is 20.3 Å². The largest absolute Gasteiger partial charge is 0.480 e. The second kappa shape index (κ2) is 6.36. The van der Waals surface area contributed by atoms with Crippen LogP contribution in [0.1, 0.15) is 21.6 Å². The van der Waals surface area contributed by atoms with Crippen LogP contribution in [0.4, 0.5) is 0 Å². The normalized spacial score (nSPS) is 10.4. The summed E-state index contributed by atoms with van der Waals surface area (Å²) in [6.07, 6.45) is 1.47. The zero-order valence-electron chi connectivity index (χ0n) is 11.2. The standard InChI is InChI=1S/C13H13ClN4O3/c1-8-2-3-9(4-11(8)14)13(21)15-5-10-6-18(17-16-10)7-12(19)20/h2-4,6H,5,7H2,1H3,(H,15,21)(H,19,20). The number of benzene rings is 1. The average Bonchev–Trinajstić information content (AvgIpc) is 2.86. The molecule has 110 valence electrons. The Bertz CT molecular complexity index is 684. The van der Waals surface area contributed by atoms with Crippen LogP contribution in [-0.4, -0.2) is 32.0 Å². The van der Waals surface area contributed by atoms with Crippen molar-refractivity contribution in [2.45, 2.75) is 20.0 Å². The second-order valence-corrected chi connectivity index (χ2v) is 4.86.